The van der Waals surface area contributed by atoms with Crippen LogP contribution < -0.4 is 9.47 Å². The highest BCUT2D eigenvalue weighted by Crippen LogP contribution is 2.32. The summed E-state index contributed by atoms with van der Waals surface area (Å²) in [5.41, 5.74) is 2.44. The maximum atomic E-state index is 5.89. The summed E-state index contributed by atoms with van der Waals surface area (Å²) in [6, 6.07) is 32.4. The first kappa shape index (κ1) is 22.5. The molecule has 0 saturated heterocycles. The van der Waals surface area contributed by atoms with Gasteiger partial charge in [0, 0.05) is 9.79 Å². The van der Waals surface area contributed by atoms with Gasteiger partial charge in [0.25, 0.3) is 0 Å². The lowest BCUT2D eigenvalue weighted by atomic mass is 10.2. The summed E-state index contributed by atoms with van der Waals surface area (Å²) in [6.45, 7) is 8.13. The van der Waals surface area contributed by atoms with Crippen LogP contribution in [0.1, 0.15) is 25.0 Å². The van der Waals surface area contributed by atoms with Crippen molar-refractivity contribution >= 4 is 11.8 Å². The zero-order chi connectivity index (χ0) is 22.1. The molecular weight excluding hydrogens is 400 g/mol. The van der Waals surface area contributed by atoms with E-state index in [4.69, 9.17) is 9.47 Å². The normalized spacial score (nSPS) is 10.1. The van der Waals surface area contributed by atoms with E-state index in [0.717, 1.165) is 32.8 Å². The number of rotatable bonds is 6. The molecule has 4 aromatic rings. The van der Waals surface area contributed by atoms with E-state index in [1.165, 1.54) is 11.1 Å². The van der Waals surface area contributed by atoms with Crippen molar-refractivity contribution in [1.29, 1.82) is 0 Å². The number of benzene rings is 4. The first-order valence-corrected chi connectivity index (χ1v) is 11.3. The number of ether oxygens (including phenoxy) is 2. The summed E-state index contributed by atoms with van der Waals surface area (Å²) in [5.74, 6) is 3.36. The van der Waals surface area contributed by atoms with Gasteiger partial charge < -0.3 is 9.47 Å². The zero-order valence-corrected chi connectivity index (χ0v) is 19.3. The molecule has 0 heterocycles. The molecule has 0 aromatic heterocycles. The molecule has 31 heavy (non-hydrogen) atoms. The van der Waals surface area contributed by atoms with Gasteiger partial charge in [-0.3, -0.25) is 0 Å². The standard InChI is InChI=1S/C26H22O2S.C2H6/c1-19-3-7-21(8-4-19)27-23-11-15-25(16-12-23)29-26-17-13-24(14-18-26)28-22-9-5-20(2)6-10-22;1-2/h3-18H,1-2H3;1-2H3. The third-order valence-corrected chi connectivity index (χ3v) is 5.41. The molecule has 158 valence electrons. The minimum absolute atomic E-state index is 0.833. The number of hydrogen-bond donors (Lipinski definition) is 0. The first-order valence-electron chi connectivity index (χ1n) is 10.5. The molecule has 4 rings (SSSR count). The highest BCUT2D eigenvalue weighted by Gasteiger charge is 2.02. The fraction of sp³-hybridized carbons (Fsp3) is 0.143. The fourth-order valence-electron chi connectivity index (χ4n) is 2.77. The van der Waals surface area contributed by atoms with Gasteiger partial charge in [-0.2, -0.15) is 0 Å². The second-order valence-corrected chi connectivity index (χ2v) is 8.02. The highest BCUT2D eigenvalue weighted by atomic mass is 32.2. The summed E-state index contributed by atoms with van der Waals surface area (Å²) in [6.07, 6.45) is 0. The van der Waals surface area contributed by atoms with Crippen LogP contribution in [-0.4, -0.2) is 0 Å². The van der Waals surface area contributed by atoms with E-state index in [1.807, 2.05) is 86.6 Å². The van der Waals surface area contributed by atoms with Crippen LogP contribution in [0.25, 0.3) is 0 Å². The first-order chi connectivity index (χ1) is 15.1. The maximum Gasteiger partial charge on any atom is 0.127 e. The minimum Gasteiger partial charge on any atom is -0.457 e. The molecule has 0 atom stereocenters. The SMILES string of the molecule is CC.Cc1ccc(Oc2ccc(Sc3ccc(Oc4ccc(C)cc4)cc3)cc2)cc1. The van der Waals surface area contributed by atoms with E-state index in [1.54, 1.807) is 11.8 Å². The third kappa shape index (κ3) is 6.94. The van der Waals surface area contributed by atoms with E-state index in [-0.39, 0.29) is 0 Å². The van der Waals surface area contributed by atoms with Crippen LogP contribution in [0.4, 0.5) is 0 Å². The summed E-state index contributed by atoms with van der Waals surface area (Å²) in [5, 5.41) is 0. The van der Waals surface area contributed by atoms with Gasteiger partial charge in [-0.05, 0) is 86.6 Å². The molecule has 0 amide bonds. The average molecular weight is 429 g/mol. The van der Waals surface area contributed by atoms with Gasteiger partial charge in [-0.25, -0.2) is 0 Å². The average Bonchev–Trinajstić information content (AvgIpc) is 2.81. The van der Waals surface area contributed by atoms with Gasteiger partial charge >= 0.3 is 0 Å². The number of aryl methyl sites for hydroxylation is 2. The van der Waals surface area contributed by atoms with Gasteiger partial charge in [0.15, 0.2) is 0 Å². The zero-order valence-electron chi connectivity index (χ0n) is 18.5. The molecule has 2 nitrogen and oxygen atoms in total. The van der Waals surface area contributed by atoms with Crippen LogP contribution in [-0.2, 0) is 0 Å². The lowest BCUT2D eigenvalue weighted by Gasteiger charge is -2.08. The smallest absolute Gasteiger partial charge is 0.127 e. The Morgan fingerprint density at radius 2 is 0.677 bits per heavy atom. The molecule has 0 aliphatic heterocycles. The van der Waals surface area contributed by atoms with Gasteiger partial charge in [0.1, 0.15) is 23.0 Å². The van der Waals surface area contributed by atoms with Gasteiger partial charge in [-0.1, -0.05) is 61.0 Å². The van der Waals surface area contributed by atoms with Crippen molar-refractivity contribution in [2.75, 3.05) is 0 Å². The lowest BCUT2D eigenvalue weighted by molar-refractivity contribution is 0.482. The molecule has 0 N–H and O–H groups in total. The van der Waals surface area contributed by atoms with E-state index >= 15 is 0 Å². The largest absolute Gasteiger partial charge is 0.457 e. The van der Waals surface area contributed by atoms with Crippen molar-refractivity contribution in [3.8, 4) is 23.0 Å². The summed E-state index contributed by atoms with van der Waals surface area (Å²) in [4.78, 5) is 2.32. The predicted octanol–water partition coefficient (Wildman–Crippen LogP) is 9.07. The molecule has 4 aromatic carbocycles. The predicted molar refractivity (Wildman–Crippen MR) is 131 cm³/mol. The molecule has 0 aliphatic rings. The number of hydrogen-bond acceptors (Lipinski definition) is 3. The van der Waals surface area contributed by atoms with Crippen molar-refractivity contribution in [3.63, 3.8) is 0 Å². The molecule has 0 aliphatic carbocycles. The molecule has 3 heteroatoms. The minimum atomic E-state index is 0.833. The maximum absolute atomic E-state index is 5.89. The molecule has 0 spiro atoms. The van der Waals surface area contributed by atoms with E-state index in [2.05, 4.69) is 38.1 Å². The van der Waals surface area contributed by atoms with Crippen LogP contribution in [0.15, 0.2) is 107 Å². The molecule has 0 radical (unpaired) electrons. The molecule has 0 unspecified atom stereocenters. The Hall–Kier alpha value is -3.17. The molecular formula is C28H28O2S. The fourth-order valence-corrected chi connectivity index (χ4v) is 3.59. The van der Waals surface area contributed by atoms with E-state index in [9.17, 15) is 0 Å². The summed E-state index contributed by atoms with van der Waals surface area (Å²) < 4.78 is 11.8. The Balaban J connectivity index is 0.00000132. The topological polar surface area (TPSA) is 18.5 Å². The second-order valence-electron chi connectivity index (χ2n) is 6.88. The van der Waals surface area contributed by atoms with Crippen LogP contribution in [0.3, 0.4) is 0 Å². The highest BCUT2D eigenvalue weighted by molar-refractivity contribution is 7.99. The molecule has 0 bridgehead atoms. The Bertz CT molecular complexity index is 963. The monoisotopic (exact) mass is 428 g/mol. The molecule has 0 saturated carbocycles. The van der Waals surface area contributed by atoms with Crippen molar-refractivity contribution in [3.05, 3.63) is 108 Å². The van der Waals surface area contributed by atoms with Crippen LogP contribution >= 0.6 is 11.8 Å². The van der Waals surface area contributed by atoms with Crippen molar-refractivity contribution in [2.24, 2.45) is 0 Å². The Kier molecular flexibility index (Phi) is 8.19. The van der Waals surface area contributed by atoms with Gasteiger partial charge in [0.05, 0.1) is 0 Å². The summed E-state index contributed by atoms with van der Waals surface area (Å²) in [7, 11) is 0. The quantitative estimate of drug-likeness (QED) is 0.305. The van der Waals surface area contributed by atoms with E-state index < -0.39 is 0 Å². The van der Waals surface area contributed by atoms with Crippen molar-refractivity contribution < 1.29 is 9.47 Å². The Labute approximate surface area is 189 Å². The second kappa shape index (κ2) is 11.3. The Morgan fingerprint density at radius 3 is 0.968 bits per heavy atom. The van der Waals surface area contributed by atoms with Gasteiger partial charge in [0.2, 0.25) is 0 Å². The molecule has 0 fully saturated rings. The van der Waals surface area contributed by atoms with Gasteiger partial charge in [-0.15, -0.1) is 0 Å². The van der Waals surface area contributed by atoms with Crippen LogP contribution in [0.5, 0.6) is 23.0 Å². The summed E-state index contributed by atoms with van der Waals surface area (Å²) >= 11 is 1.71. The Morgan fingerprint density at radius 1 is 0.419 bits per heavy atom. The van der Waals surface area contributed by atoms with Crippen molar-refractivity contribution in [2.45, 2.75) is 37.5 Å². The van der Waals surface area contributed by atoms with Crippen LogP contribution in [0, 0.1) is 13.8 Å². The van der Waals surface area contributed by atoms with Crippen LogP contribution in [0.2, 0.25) is 0 Å². The van der Waals surface area contributed by atoms with E-state index in [0.29, 0.717) is 0 Å². The third-order valence-electron chi connectivity index (χ3n) is 4.40. The lowest BCUT2D eigenvalue weighted by Crippen LogP contribution is -1.85. The van der Waals surface area contributed by atoms with Crippen molar-refractivity contribution in [1.82, 2.24) is 0 Å².